The summed E-state index contributed by atoms with van der Waals surface area (Å²) in [6.45, 7) is 5.42. The summed E-state index contributed by atoms with van der Waals surface area (Å²) >= 11 is 5.13. The fourth-order valence-corrected chi connectivity index (χ4v) is 3.13. The number of nitrogens with one attached hydrogen (secondary N) is 1. The molecule has 0 fully saturated rings. The third kappa shape index (κ3) is 3.69. The molecule has 146 valence electrons. The van der Waals surface area contributed by atoms with Gasteiger partial charge in [0.2, 0.25) is 4.77 Å². The maximum atomic E-state index is 11.2. The molecule has 10 nitrogen and oxygen atoms in total. The zero-order chi connectivity index (χ0) is 20.4. The molecule has 0 atom stereocenters. The highest BCUT2D eigenvalue weighted by atomic mass is 32.1. The Morgan fingerprint density at radius 1 is 1.39 bits per heavy atom. The molecular weight excluding hydrogens is 382 g/mol. The van der Waals surface area contributed by atoms with E-state index in [0.717, 1.165) is 11.1 Å². The maximum absolute atomic E-state index is 11.2. The smallest absolute Gasteiger partial charge is 0.312 e. The number of nitrogens with zero attached hydrogens (tertiary/aromatic N) is 6. The van der Waals surface area contributed by atoms with Gasteiger partial charge in [-0.15, -0.1) is 0 Å². The molecule has 28 heavy (non-hydrogen) atoms. The summed E-state index contributed by atoms with van der Waals surface area (Å²) < 4.78 is 8.95. The number of ether oxygens (including phenoxy) is 1. The first-order valence-corrected chi connectivity index (χ1v) is 8.76. The Kier molecular flexibility index (Phi) is 5.36. The lowest BCUT2D eigenvalue weighted by atomic mass is 10.1. The van der Waals surface area contributed by atoms with E-state index < -0.39 is 4.92 Å². The lowest BCUT2D eigenvalue weighted by molar-refractivity contribution is -0.386. The molecule has 0 amide bonds. The number of aromatic amines is 1. The molecule has 0 saturated heterocycles. The van der Waals surface area contributed by atoms with Gasteiger partial charge in [0.1, 0.15) is 23.0 Å². The fraction of sp³-hybridized carbons (Fsp3) is 0.294. The number of rotatable bonds is 6. The molecule has 0 aliphatic heterocycles. The molecule has 1 aromatic carbocycles. The van der Waals surface area contributed by atoms with Crippen LogP contribution in [0.4, 0.5) is 5.69 Å². The first-order chi connectivity index (χ1) is 13.3. The predicted molar refractivity (Wildman–Crippen MR) is 106 cm³/mol. The van der Waals surface area contributed by atoms with Crippen molar-refractivity contribution >= 4 is 24.1 Å². The van der Waals surface area contributed by atoms with Gasteiger partial charge in [-0.3, -0.25) is 19.9 Å². The molecule has 0 aliphatic carbocycles. The SMILES string of the molecule is COc1ccc(C=Nn2c(C)n[nH]c2=S)cc1Cn1nc(C)c([N+](=O)[O-])c1C. The van der Waals surface area contributed by atoms with Crippen LogP contribution in [0, 0.1) is 35.7 Å². The van der Waals surface area contributed by atoms with Crippen molar-refractivity contribution in [2.24, 2.45) is 5.10 Å². The predicted octanol–water partition coefficient (Wildman–Crippen LogP) is 2.91. The van der Waals surface area contributed by atoms with Crippen molar-refractivity contribution in [3.05, 3.63) is 61.4 Å². The molecular formula is C17H19N7O3S. The number of hydrogen-bond donors (Lipinski definition) is 1. The first kappa shape index (κ1) is 19.4. The van der Waals surface area contributed by atoms with E-state index in [-0.39, 0.29) is 5.69 Å². The lowest BCUT2D eigenvalue weighted by Gasteiger charge is -2.10. The summed E-state index contributed by atoms with van der Waals surface area (Å²) in [5.41, 5.74) is 2.53. The zero-order valence-electron chi connectivity index (χ0n) is 15.8. The Morgan fingerprint density at radius 3 is 2.71 bits per heavy atom. The van der Waals surface area contributed by atoms with Crippen molar-refractivity contribution in [3.8, 4) is 5.75 Å². The second-order valence-corrected chi connectivity index (χ2v) is 6.52. The van der Waals surface area contributed by atoms with Crippen LogP contribution in [0.1, 0.15) is 28.3 Å². The molecule has 1 N–H and O–H groups in total. The minimum Gasteiger partial charge on any atom is -0.496 e. The van der Waals surface area contributed by atoms with Crippen LogP contribution in [0.2, 0.25) is 0 Å². The van der Waals surface area contributed by atoms with Crippen LogP contribution in [0.25, 0.3) is 0 Å². The van der Waals surface area contributed by atoms with Crippen molar-refractivity contribution in [1.29, 1.82) is 0 Å². The molecule has 0 unspecified atom stereocenters. The summed E-state index contributed by atoms with van der Waals surface area (Å²) in [5.74, 6) is 1.30. The summed E-state index contributed by atoms with van der Waals surface area (Å²) in [7, 11) is 1.57. The Morgan fingerprint density at radius 2 is 2.14 bits per heavy atom. The van der Waals surface area contributed by atoms with Gasteiger partial charge in [-0.25, -0.2) is 0 Å². The molecule has 3 rings (SSSR count). The minimum absolute atomic E-state index is 0.0292. The molecule has 3 aromatic rings. The highest BCUT2D eigenvalue weighted by Gasteiger charge is 2.22. The number of methoxy groups -OCH3 is 1. The minimum atomic E-state index is -0.411. The zero-order valence-corrected chi connectivity index (χ0v) is 16.6. The van der Waals surface area contributed by atoms with E-state index in [1.54, 1.807) is 38.8 Å². The van der Waals surface area contributed by atoms with Crippen molar-refractivity contribution < 1.29 is 9.66 Å². The largest absolute Gasteiger partial charge is 0.496 e. The van der Waals surface area contributed by atoms with Crippen LogP contribution in [0.3, 0.4) is 0 Å². The average molecular weight is 401 g/mol. The fourth-order valence-electron chi connectivity index (χ4n) is 2.90. The molecule has 0 spiro atoms. The number of H-pyrrole nitrogens is 1. The molecule has 0 saturated carbocycles. The Hall–Kier alpha value is -3.34. The summed E-state index contributed by atoms with van der Waals surface area (Å²) in [6, 6.07) is 5.57. The highest BCUT2D eigenvalue weighted by Crippen LogP contribution is 2.25. The van der Waals surface area contributed by atoms with E-state index >= 15 is 0 Å². The van der Waals surface area contributed by atoms with Gasteiger partial charge < -0.3 is 4.74 Å². The van der Waals surface area contributed by atoms with Crippen molar-refractivity contribution in [2.45, 2.75) is 27.3 Å². The van der Waals surface area contributed by atoms with Crippen LogP contribution in [0.5, 0.6) is 5.75 Å². The van der Waals surface area contributed by atoms with E-state index in [9.17, 15) is 10.1 Å². The van der Waals surface area contributed by atoms with Gasteiger partial charge in [0.05, 0.1) is 24.8 Å². The van der Waals surface area contributed by atoms with Gasteiger partial charge in [0, 0.05) is 5.56 Å². The third-order valence-corrected chi connectivity index (χ3v) is 4.55. The first-order valence-electron chi connectivity index (χ1n) is 8.35. The van der Waals surface area contributed by atoms with Crippen molar-refractivity contribution in [1.82, 2.24) is 24.7 Å². The number of aryl methyl sites for hydroxylation is 2. The summed E-state index contributed by atoms with van der Waals surface area (Å²) in [4.78, 5) is 10.8. The topological polar surface area (TPSA) is 116 Å². The van der Waals surface area contributed by atoms with E-state index in [1.807, 2.05) is 18.2 Å². The average Bonchev–Trinajstić information content (AvgIpc) is 3.11. The van der Waals surface area contributed by atoms with E-state index in [0.29, 0.717) is 34.3 Å². The van der Waals surface area contributed by atoms with Crippen LogP contribution in [-0.2, 0) is 6.54 Å². The number of nitro groups is 1. The maximum Gasteiger partial charge on any atom is 0.312 e. The van der Waals surface area contributed by atoms with Crippen LogP contribution in [0.15, 0.2) is 23.3 Å². The van der Waals surface area contributed by atoms with Crippen LogP contribution < -0.4 is 4.74 Å². The Bertz CT molecular complexity index is 1130. The Labute approximate surface area is 165 Å². The second-order valence-electron chi connectivity index (χ2n) is 6.14. The molecule has 2 heterocycles. The summed E-state index contributed by atoms with van der Waals surface area (Å²) in [5, 5.41) is 26.5. The van der Waals surface area contributed by atoms with Crippen LogP contribution in [-0.4, -0.2) is 42.9 Å². The van der Waals surface area contributed by atoms with Crippen molar-refractivity contribution in [2.75, 3.05) is 7.11 Å². The van der Waals surface area contributed by atoms with Gasteiger partial charge in [0.15, 0.2) is 0 Å². The molecule has 2 aromatic heterocycles. The number of hydrogen-bond acceptors (Lipinski definition) is 7. The van der Waals surface area contributed by atoms with E-state index in [1.165, 1.54) is 4.68 Å². The quantitative estimate of drug-likeness (QED) is 0.294. The molecule has 0 aliphatic rings. The van der Waals surface area contributed by atoms with Gasteiger partial charge in [-0.05, 0) is 56.8 Å². The van der Waals surface area contributed by atoms with Crippen LogP contribution >= 0.6 is 12.2 Å². The standard InChI is InChI=1S/C17H19N7O3S/c1-10-16(24(25)26)11(2)22(21-10)9-14-7-13(5-6-15(14)27-4)8-18-23-12(3)19-20-17(23)28/h5-8H,9H2,1-4H3,(H,20,28). The van der Waals surface area contributed by atoms with E-state index in [2.05, 4.69) is 20.4 Å². The third-order valence-electron chi connectivity index (χ3n) is 4.28. The van der Waals surface area contributed by atoms with Gasteiger partial charge in [0.25, 0.3) is 0 Å². The molecule has 11 heteroatoms. The molecule has 0 bridgehead atoms. The number of aromatic nitrogens is 5. The molecule has 0 radical (unpaired) electrons. The highest BCUT2D eigenvalue weighted by molar-refractivity contribution is 7.71. The lowest BCUT2D eigenvalue weighted by Crippen LogP contribution is -2.06. The van der Waals surface area contributed by atoms with Gasteiger partial charge in [-0.2, -0.15) is 20.0 Å². The Balaban J connectivity index is 1.95. The van der Waals surface area contributed by atoms with Gasteiger partial charge >= 0.3 is 5.69 Å². The summed E-state index contributed by atoms with van der Waals surface area (Å²) in [6.07, 6.45) is 1.66. The normalized spacial score (nSPS) is 11.3. The monoisotopic (exact) mass is 401 g/mol. The second kappa shape index (κ2) is 7.72. The van der Waals surface area contributed by atoms with Crippen molar-refractivity contribution in [3.63, 3.8) is 0 Å². The number of benzene rings is 1. The van der Waals surface area contributed by atoms with Gasteiger partial charge in [-0.1, -0.05) is 0 Å². The van der Waals surface area contributed by atoms with E-state index in [4.69, 9.17) is 17.0 Å².